The van der Waals surface area contributed by atoms with Crippen molar-refractivity contribution in [1.82, 2.24) is 20.0 Å². The summed E-state index contributed by atoms with van der Waals surface area (Å²) in [6, 6.07) is 11.4. The molecule has 0 saturated heterocycles. The van der Waals surface area contributed by atoms with Crippen molar-refractivity contribution in [2.75, 3.05) is 0 Å². The largest absolute Gasteiger partial charge is 0.290 e. The van der Waals surface area contributed by atoms with Crippen molar-refractivity contribution in [1.29, 1.82) is 5.26 Å². The van der Waals surface area contributed by atoms with Crippen LogP contribution in [0.15, 0.2) is 42.6 Å². The van der Waals surface area contributed by atoms with Gasteiger partial charge in [-0.3, -0.25) is 9.78 Å². The van der Waals surface area contributed by atoms with Crippen LogP contribution in [-0.4, -0.2) is 25.8 Å². The van der Waals surface area contributed by atoms with E-state index in [-0.39, 0.29) is 11.4 Å². The van der Waals surface area contributed by atoms with Crippen molar-refractivity contribution in [2.24, 2.45) is 0 Å². The summed E-state index contributed by atoms with van der Waals surface area (Å²) in [6.45, 7) is 1.86. The Balaban J connectivity index is 2.02. The van der Waals surface area contributed by atoms with E-state index in [0.717, 1.165) is 12.3 Å². The molecule has 6 nitrogen and oxygen atoms in total. The van der Waals surface area contributed by atoms with Gasteiger partial charge in [0.05, 0.1) is 29.3 Å². The molecule has 8 heteroatoms. The molecule has 0 aliphatic carbocycles. The van der Waals surface area contributed by atoms with Gasteiger partial charge in [0.25, 0.3) is 0 Å². The Hall–Kier alpha value is -3.11. The number of carbonyl (C=O) groups is 1. The molecule has 3 rings (SSSR count). The Kier molecular flexibility index (Phi) is 5.05. The first-order chi connectivity index (χ1) is 12.5. The molecule has 0 radical (unpaired) electrons. The van der Waals surface area contributed by atoms with Gasteiger partial charge < -0.3 is 0 Å². The summed E-state index contributed by atoms with van der Waals surface area (Å²) in [5.74, 6) is -2.26. The Morgan fingerprint density at radius 2 is 2.19 bits per heavy atom. The van der Waals surface area contributed by atoms with Gasteiger partial charge in [-0.2, -0.15) is 5.26 Å². The van der Waals surface area contributed by atoms with Crippen LogP contribution in [0.3, 0.4) is 0 Å². The molecule has 26 heavy (non-hydrogen) atoms. The van der Waals surface area contributed by atoms with Gasteiger partial charge >= 0.3 is 0 Å². The minimum Gasteiger partial charge on any atom is -0.290 e. The number of hydrogen-bond donors (Lipinski definition) is 0. The molecule has 1 unspecified atom stereocenters. The monoisotopic (exact) mass is 369 g/mol. The molecule has 130 valence electrons. The molecule has 0 saturated carbocycles. The quantitative estimate of drug-likeness (QED) is 0.642. The Morgan fingerprint density at radius 3 is 2.81 bits per heavy atom. The molecule has 0 N–H and O–H groups in total. The Labute approximate surface area is 153 Å². The first-order valence-electron chi connectivity index (χ1n) is 7.81. The maximum atomic E-state index is 13.1. The summed E-state index contributed by atoms with van der Waals surface area (Å²) >= 11 is 6.01. The number of Topliss-reactive ketones (excluding diaryl/α,β-unsaturated/α-hetero) is 1. The summed E-state index contributed by atoms with van der Waals surface area (Å²) < 4.78 is 14.6. The lowest BCUT2D eigenvalue weighted by Gasteiger charge is -2.08. The van der Waals surface area contributed by atoms with Crippen LogP contribution in [0.5, 0.6) is 0 Å². The van der Waals surface area contributed by atoms with Gasteiger partial charge in [0.15, 0.2) is 11.6 Å². The number of aromatic nitrogens is 4. The maximum Gasteiger partial charge on any atom is 0.208 e. The zero-order valence-corrected chi connectivity index (χ0v) is 14.5. The molecule has 2 heterocycles. The lowest BCUT2D eigenvalue weighted by Crippen LogP contribution is -2.15. The molecule has 1 aromatic carbocycles. The van der Waals surface area contributed by atoms with Crippen molar-refractivity contribution >= 4 is 17.4 Å². The highest BCUT2D eigenvalue weighted by atomic mass is 35.5. The van der Waals surface area contributed by atoms with Crippen LogP contribution in [-0.2, 0) is 6.42 Å². The molecule has 1 atom stereocenters. The molecule has 0 aliphatic rings. The van der Waals surface area contributed by atoms with Crippen LogP contribution in [0.4, 0.5) is 4.39 Å². The highest BCUT2D eigenvalue weighted by Gasteiger charge is 2.29. The summed E-state index contributed by atoms with van der Waals surface area (Å²) in [6.07, 6.45) is 1.44. The summed E-state index contributed by atoms with van der Waals surface area (Å²) in [7, 11) is 0. The molecular formula is C18H13ClFN5O. The summed E-state index contributed by atoms with van der Waals surface area (Å²) in [5, 5.41) is 18.0. The SMILES string of the molecule is CCc1c(C(=O)C(C#N)c2ccc(F)cn2)nnn1-c1cccc(Cl)c1. The second-order valence-corrected chi connectivity index (χ2v) is 5.89. The van der Waals surface area contributed by atoms with E-state index in [1.807, 2.05) is 13.0 Å². The van der Waals surface area contributed by atoms with Crippen LogP contribution in [0, 0.1) is 17.1 Å². The zero-order valence-electron chi connectivity index (χ0n) is 13.7. The van der Waals surface area contributed by atoms with Crippen molar-refractivity contribution in [3.63, 3.8) is 0 Å². The Bertz CT molecular complexity index is 994. The van der Waals surface area contributed by atoms with Crippen LogP contribution < -0.4 is 0 Å². The predicted molar refractivity (Wildman–Crippen MR) is 92.6 cm³/mol. The fraction of sp³-hybridized carbons (Fsp3) is 0.167. The fourth-order valence-corrected chi connectivity index (χ4v) is 2.76. The first-order valence-corrected chi connectivity index (χ1v) is 8.18. The van der Waals surface area contributed by atoms with E-state index < -0.39 is 17.5 Å². The molecule has 0 amide bonds. The molecule has 3 aromatic rings. The predicted octanol–water partition coefficient (Wildman–Crippen LogP) is 3.51. The third-order valence-corrected chi connectivity index (χ3v) is 4.06. The first kappa shape index (κ1) is 17.7. The minimum absolute atomic E-state index is 0.0881. The topological polar surface area (TPSA) is 84.5 Å². The maximum absolute atomic E-state index is 13.1. The highest BCUT2D eigenvalue weighted by molar-refractivity contribution is 6.30. The third kappa shape index (κ3) is 3.32. The van der Waals surface area contributed by atoms with Gasteiger partial charge in [0.1, 0.15) is 5.82 Å². The van der Waals surface area contributed by atoms with Crippen LogP contribution in [0.2, 0.25) is 5.02 Å². The number of nitriles is 1. The highest BCUT2D eigenvalue weighted by Crippen LogP contribution is 2.23. The van der Waals surface area contributed by atoms with E-state index in [1.54, 1.807) is 24.3 Å². The molecule has 0 fully saturated rings. The van der Waals surface area contributed by atoms with Crippen molar-refractivity contribution in [3.05, 3.63) is 70.5 Å². The molecule has 0 bridgehead atoms. The van der Waals surface area contributed by atoms with Crippen LogP contribution in [0.1, 0.15) is 34.7 Å². The number of carbonyl (C=O) groups excluding carboxylic acids is 1. The van der Waals surface area contributed by atoms with E-state index in [4.69, 9.17) is 11.6 Å². The number of hydrogen-bond acceptors (Lipinski definition) is 5. The average Bonchev–Trinajstić information content (AvgIpc) is 3.08. The lowest BCUT2D eigenvalue weighted by atomic mass is 9.97. The lowest BCUT2D eigenvalue weighted by molar-refractivity contribution is 0.0971. The van der Waals surface area contributed by atoms with Crippen LogP contribution >= 0.6 is 11.6 Å². The fourth-order valence-electron chi connectivity index (χ4n) is 2.58. The van der Waals surface area contributed by atoms with E-state index in [9.17, 15) is 14.4 Å². The third-order valence-electron chi connectivity index (χ3n) is 3.82. The van der Waals surface area contributed by atoms with Crippen molar-refractivity contribution < 1.29 is 9.18 Å². The van der Waals surface area contributed by atoms with Gasteiger partial charge in [0.2, 0.25) is 5.78 Å². The average molecular weight is 370 g/mol. The molecular weight excluding hydrogens is 357 g/mol. The van der Waals surface area contributed by atoms with E-state index in [1.165, 1.54) is 10.7 Å². The number of benzene rings is 1. The van der Waals surface area contributed by atoms with Gasteiger partial charge in [0, 0.05) is 5.02 Å². The van der Waals surface area contributed by atoms with Gasteiger partial charge in [-0.1, -0.05) is 29.8 Å². The standard InChI is InChI=1S/C18H13ClFN5O/c1-2-16-17(23-24-25(16)13-5-3-4-11(19)8-13)18(26)14(9-21)15-7-6-12(20)10-22-15/h3-8,10,14H,2H2,1H3. The zero-order chi connectivity index (χ0) is 18.7. The minimum atomic E-state index is -1.19. The molecule has 0 aliphatic heterocycles. The Morgan fingerprint density at radius 1 is 1.38 bits per heavy atom. The number of pyridine rings is 1. The van der Waals surface area contributed by atoms with Gasteiger partial charge in [-0.25, -0.2) is 9.07 Å². The second-order valence-electron chi connectivity index (χ2n) is 5.46. The number of halogens is 2. The van der Waals surface area contributed by atoms with Crippen molar-refractivity contribution in [3.8, 4) is 11.8 Å². The van der Waals surface area contributed by atoms with E-state index >= 15 is 0 Å². The number of ketones is 1. The summed E-state index contributed by atoms with van der Waals surface area (Å²) in [5.41, 5.74) is 1.47. The number of rotatable bonds is 5. The smallest absolute Gasteiger partial charge is 0.208 e. The van der Waals surface area contributed by atoms with E-state index in [2.05, 4.69) is 15.3 Å². The number of nitrogens with zero attached hydrogens (tertiary/aromatic N) is 5. The molecule has 2 aromatic heterocycles. The summed E-state index contributed by atoms with van der Waals surface area (Å²) in [4.78, 5) is 16.7. The normalized spacial score (nSPS) is 11.8. The van der Waals surface area contributed by atoms with Crippen molar-refractivity contribution in [2.45, 2.75) is 19.3 Å². The van der Waals surface area contributed by atoms with Crippen LogP contribution in [0.25, 0.3) is 5.69 Å². The molecule has 0 spiro atoms. The van der Waals surface area contributed by atoms with Gasteiger partial charge in [-0.05, 0) is 36.8 Å². The second kappa shape index (κ2) is 7.42. The van der Waals surface area contributed by atoms with Gasteiger partial charge in [-0.15, -0.1) is 5.10 Å². The van der Waals surface area contributed by atoms with E-state index in [0.29, 0.717) is 22.8 Å².